The van der Waals surface area contributed by atoms with Gasteiger partial charge in [0.05, 0.1) is 12.4 Å². The predicted molar refractivity (Wildman–Crippen MR) is 99.5 cm³/mol. The molecule has 0 unspecified atom stereocenters. The Morgan fingerprint density at radius 1 is 1.12 bits per heavy atom. The molecule has 0 N–H and O–H groups in total. The first-order chi connectivity index (χ1) is 12.8. The van der Waals surface area contributed by atoms with Crippen molar-refractivity contribution in [3.8, 4) is 5.69 Å². The number of likely N-dealkylation sites (tertiary alicyclic amines) is 1. The van der Waals surface area contributed by atoms with Crippen molar-refractivity contribution in [2.24, 2.45) is 0 Å². The van der Waals surface area contributed by atoms with E-state index < -0.39 is 0 Å². The van der Waals surface area contributed by atoms with E-state index in [-0.39, 0.29) is 12.0 Å². The molecule has 6 nitrogen and oxygen atoms in total. The van der Waals surface area contributed by atoms with Crippen molar-refractivity contribution in [1.29, 1.82) is 0 Å². The molecule has 0 radical (unpaired) electrons. The molecule has 6 heteroatoms. The van der Waals surface area contributed by atoms with Crippen molar-refractivity contribution < 1.29 is 9.53 Å². The normalized spacial score (nSPS) is 21.7. The fraction of sp³-hybridized carbons (Fsp3) is 0.500. The van der Waals surface area contributed by atoms with Crippen LogP contribution in [-0.2, 0) is 4.74 Å². The molecule has 1 aromatic heterocycles. The second-order valence-corrected chi connectivity index (χ2v) is 7.12. The smallest absolute Gasteiger partial charge is 0.253 e. The van der Waals surface area contributed by atoms with Gasteiger partial charge in [0, 0.05) is 49.9 Å². The minimum Gasteiger partial charge on any atom is -0.375 e. The largest absolute Gasteiger partial charge is 0.375 e. The number of imidazole rings is 1. The molecule has 3 heterocycles. The third-order valence-electron chi connectivity index (χ3n) is 5.21. The van der Waals surface area contributed by atoms with Gasteiger partial charge in [-0.25, -0.2) is 4.98 Å². The van der Waals surface area contributed by atoms with Gasteiger partial charge in [-0.3, -0.25) is 4.79 Å². The Hall–Kier alpha value is -2.18. The van der Waals surface area contributed by atoms with Gasteiger partial charge in [0.15, 0.2) is 0 Å². The lowest BCUT2D eigenvalue weighted by atomic mass is 10.1. The Kier molecular flexibility index (Phi) is 5.32. The van der Waals surface area contributed by atoms with Gasteiger partial charge in [0.25, 0.3) is 5.91 Å². The number of hydrogen-bond acceptors (Lipinski definition) is 4. The predicted octanol–water partition coefficient (Wildman–Crippen LogP) is 2.20. The summed E-state index contributed by atoms with van der Waals surface area (Å²) in [6.45, 7) is 5.43. The summed E-state index contributed by atoms with van der Waals surface area (Å²) >= 11 is 0. The maximum absolute atomic E-state index is 13.0. The van der Waals surface area contributed by atoms with Crippen LogP contribution < -0.4 is 0 Å². The number of hydrogen-bond donors (Lipinski definition) is 0. The van der Waals surface area contributed by atoms with Crippen LogP contribution in [-0.4, -0.2) is 70.7 Å². The van der Waals surface area contributed by atoms with Crippen molar-refractivity contribution >= 4 is 5.91 Å². The van der Waals surface area contributed by atoms with Crippen LogP contribution in [0.5, 0.6) is 0 Å². The Balaban J connectivity index is 1.42. The van der Waals surface area contributed by atoms with E-state index in [1.165, 1.54) is 12.8 Å². The third-order valence-corrected chi connectivity index (χ3v) is 5.21. The number of amides is 1. The number of carbonyl (C=O) groups is 1. The first-order valence-electron chi connectivity index (χ1n) is 9.51. The third kappa shape index (κ3) is 3.97. The highest BCUT2D eigenvalue weighted by Gasteiger charge is 2.26. The zero-order chi connectivity index (χ0) is 17.8. The van der Waals surface area contributed by atoms with E-state index in [4.69, 9.17) is 4.74 Å². The summed E-state index contributed by atoms with van der Waals surface area (Å²) in [4.78, 5) is 21.4. The molecule has 1 amide bonds. The molecule has 26 heavy (non-hydrogen) atoms. The summed E-state index contributed by atoms with van der Waals surface area (Å²) in [5.41, 5.74) is 1.74. The lowest BCUT2D eigenvalue weighted by Gasteiger charge is -2.27. The van der Waals surface area contributed by atoms with Gasteiger partial charge in [-0.1, -0.05) is 0 Å². The molecule has 2 aliphatic heterocycles. The molecule has 0 aliphatic carbocycles. The van der Waals surface area contributed by atoms with Crippen LogP contribution in [0.3, 0.4) is 0 Å². The van der Waals surface area contributed by atoms with Crippen LogP contribution in [0, 0.1) is 0 Å². The molecular weight excluding hydrogens is 328 g/mol. The van der Waals surface area contributed by atoms with E-state index in [1.54, 1.807) is 12.5 Å². The second kappa shape index (κ2) is 8.01. The lowest BCUT2D eigenvalue weighted by molar-refractivity contribution is 0.0297. The van der Waals surface area contributed by atoms with Crippen LogP contribution in [0.25, 0.3) is 5.69 Å². The van der Waals surface area contributed by atoms with Crippen LogP contribution in [0.15, 0.2) is 43.0 Å². The lowest BCUT2D eigenvalue weighted by Crippen LogP contribution is -2.41. The van der Waals surface area contributed by atoms with Crippen LogP contribution in [0.2, 0.25) is 0 Å². The quantitative estimate of drug-likeness (QED) is 0.845. The van der Waals surface area contributed by atoms with E-state index >= 15 is 0 Å². The summed E-state index contributed by atoms with van der Waals surface area (Å²) in [6, 6.07) is 7.73. The van der Waals surface area contributed by atoms with Gasteiger partial charge in [0.1, 0.15) is 0 Å². The molecule has 0 spiro atoms. The topological polar surface area (TPSA) is 50.6 Å². The molecule has 0 bridgehead atoms. The highest BCUT2D eigenvalue weighted by atomic mass is 16.5. The summed E-state index contributed by atoms with van der Waals surface area (Å²) < 4.78 is 7.93. The van der Waals surface area contributed by atoms with E-state index in [0.717, 1.165) is 50.5 Å². The first-order valence-corrected chi connectivity index (χ1v) is 9.51. The van der Waals surface area contributed by atoms with E-state index in [9.17, 15) is 4.79 Å². The van der Waals surface area contributed by atoms with Crippen molar-refractivity contribution in [2.45, 2.75) is 25.4 Å². The minimum atomic E-state index is 0.0964. The van der Waals surface area contributed by atoms with Gasteiger partial charge < -0.3 is 19.1 Å². The number of aromatic nitrogens is 2. The number of ether oxygens (including phenoxy) is 1. The zero-order valence-electron chi connectivity index (χ0n) is 15.1. The van der Waals surface area contributed by atoms with Crippen LogP contribution in [0.1, 0.15) is 29.6 Å². The molecule has 0 saturated carbocycles. The Bertz CT molecular complexity index is 708. The molecule has 2 aliphatic rings. The van der Waals surface area contributed by atoms with Gasteiger partial charge in [-0.05, 0) is 56.6 Å². The summed E-state index contributed by atoms with van der Waals surface area (Å²) in [5.74, 6) is 0.0964. The minimum absolute atomic E-state index is 0.0964. The molecule has 138 valence electrons. The molecule has 4 rings (SSSR count). The summed E-state index contributed by atoms with van der Waals surface area (Å²) in [6.07, 6.45) is 8.96. The maximum atomic E-state index is 13.0. The molecule has 1 aromatic carbocycles. The number of rotatable bonds is 4. The molecular formula is C20H26N4O2. The van der Waals surface area contributed by atoms with Gasteiger partial charge in [0.2, 0.25) is 0 Å². The van der Waals surface area contributed by atoms with Gasteiger partial charge in [-0.2, -0.15) is 0 Å². The highest BCUT2D eigenvalue weighted by Crippen LogP contribution is 2.16. The fourth-order valence-electron chi connectivity index (χ4n) is 3.81. The Morgan fingerprint density at radius 2 is 1.92 bits per heavy atom. The standard InChI is InChI=1S/C20H26N4O2/c25-20(17-4-6-18(7-5-17)24-12-8-21-16-24)23-11-3-13-26-19(15-23)14-22-9-1-2-10-22/h4-8,12,16,19H,1-3,9-11,13-15H2/t19-/m0/s1. The molecule has 2 aromatic rings. The average Bonchev–Trinajstić information content (AvgIpc) is 3.33. The van der Waals surface area contributed by atoms with Crippen molar-refractivity contribution in [3.63, 3.8) is 0 Å². The van der Waals surface area contributed by atoms with E-state index in [2.05, 4.69) is 9.88 Å². The molecule has 1 atom stereocenters. The Labute approximate surface area is 154 Å². The zero-order valence-corrected chi connectivity index (χ0v) is 15.1. The molecule has 2 fully saturated rings. The Morgan fingerprint density at radius 3 is 2.65 bits per heavy atom. The van der Waals surface area contributed by atoms with E-state index in [0.29, 0.717) is 6.54 Å². The second-order valence-electron chi connectivity index (χ2n) is 7.12. The van der Waals surface area contributed by atoms with Crippen molar-refractivity contribution in [1.82, 2.24) is 19.4 Å². The van der Waals surface area contributed by atoms with Gasteiger partial charge in [-0.15, -0.1) is 0 Å². The molecule has 2 saturated heterocycles. The highest BCUT2D eigenvalue weighted by molar-refractivity contribution is 5.94. The SMILES string of the molecule is O=C(c1ccc(-n2ccnc2)cc1)N1CCCO[C@@H](CN2CCCC2)C1. The van der Waals surface area contributed by atoms with Crippen molar-refractivity contribution in [3.05, 3.63) is 48.5 Å². The van der Waals surface area contributed by atoms with E-state index in [1.807, 2.05) is 39.9 Å². The summed E-state index contributed by atoms with van der Waals surface area (Å²) in [7, 11) is 0. The van der Waals surface area contributed by atoms with Crippen molar-refractivity contribution in [2.75, 3.05) is 39.3 Å². The number of nitrogens with zero attached hydrogens (tertiary/aromatic N) is 4. The van der Waals surface area contributed by atoms with Crippen LogP contribution >= 0.6 is 0 Å². The fourth-order valence-corrected chi connectivity index (χ4v) is 3.81. The van der Waals surface area contributed by atoms with Crippen LogP contribution in [0.4, 0.5) is 0 Å². The monoisotopic (exact) mass is 354 g/mol. The van der Waals surface area contributed by atoms with Gasteiger partial charge >= 0.3 is 0 Å². The number of carbonyl (C=O) groups excluding carboxylic acids is 1. The average molecular weight is 354 g/mol. The number of benzene rings is 1. The summed E-state index contributed by atoms with van der Waals surface area (Å²) in [5, 5.41) is 0. The maximum Gasteiger partial charge on any atom is 0.253 e. The first kappa shape index (κ1) is 17.2.